The van der Waals surface area contributed by atoms with Crippen LogP contribution < -0.4 is 0 Å². The number of nitrogens with zero attached hydrogens (tertiary/aromatic N) is 2. The smallest absolute Gasteiger partial charge is 0.226 e. The number of hydrogen-bond donors (Lipinski definition) is 0. The van der Waals surface area contributed by atoms with E-state index in [1.54, 1.807) is 0 Å². The summed E-state index contributed by atoms with van der Waals surface area (Å²) in [5.41, 5.74) is 2.38. The average molecular weight is 314 g/mol. The molecule has 126 valence electrons. The number of carbonyl (C=O) groups excluding carboxylic acids is 1. The highest BCUT2D eigenvalue weighted by atomic mass is 16.2. The minimum atomic E-state index is 0.272. The summed E-state index contributed by atoms with van der Waals surface area (Å²) in [5, 5.41) is 0. The molecule has 4 atom stereocenters. The Morgan fingerprint density at radius 2 is 1.57 bits per heavy atom. The Kier molecular flexibility index (Phi) is 4.77. The van der Waals surface area contributed by atoms with Gasteiger partial charge < -0.3 is 9.80 Å². The monoisotopic (exact) mass is 314 g/mol. The van der Waals surface area contributed by atoms with Crippen LogP contribution in [0.5, 0.6) is 0 Å². The van der Waals surface area contributed by atoms with Crippen molar-refractivity contribution in [1.29, 1.82) is 0 Å². The van der Waals surface area contributed by atoms with Gasteiger partial charge in [0.25, 0.3) is 0 Å². The van der Waals surface area contributed by atoms with Crippen molar-refractivity contribution >= 4 is 5.91 Å². The highest BCUT2D eigenvalue weighted by Gasteiger charge is 2.43. The van der Waals surface area contributed by atoms with E-state index in [1.165, 1.54) is 31.2 Å². The number of aryl methyl sites for hydroxylation is 1. The van der Waals surface area contributed by atoms with E-state index in [1.807, 2.05) is 24.1 Å². The van der Waals surface area contributed by atoms with Crippen LogP contribution in [0.4, 0.5) is 0 Å². The molecule has 3 nitrogen and oxygen atoms in total. The summed E-state index contributed by atoms with van der Waals surface area (Å²) in [7, 11) is 6.40. The number of rotatable bonds is 4. The van der Waals surface area contributed by atoms with Crippen molar-refractivity contribution in [2.45, 2.75) is 51.1 Å². The van der Waals surface area contributed by atoms with E-state index in [4.69, 9.17) is 0 Å². The van der Waals surface area contributed by atoms with Crippen LogP contribution in [0.2, 0.25) is 0 Å². The quantitative estimate of drug-likeness (QED) is 0.852. The van der Waals surface area contributed by atoms with Gasteiger partial charge in [0.1, 0.15) is 0 Å². The van der Waals surface area contributed by atoms with Crippen molar-refractivity contribution < 1.29 is 4.79 Å². The van der Waals surface area contributed by atoms with Gasteiger partial charge in [-0.05, 0) is 69.7 Å². The molecule has 0 spiro atoms. The van der Waals surface area contributed by atoms with E-state index in [0.717, 1.165) is 23.4 Å². The van der Waals surface area contributed by atoms with Crippen molar-refractivity contribution in [3.8, 4) is 0 Å². The van der Waals surface area contributed by atoms with Crippen LogP contribution in [-0.2, 0) is 11.2 Å². The zero-order chi connectivity index (χ0) is 16.6. The van der Waals surface area contributed by atoms with Crippen molar-refractivity contribution in [1.82, 2.24) is 9.80 Å². The Balaban J connectivity index is 1.57. The highest BCUT2D eigenvalue weighted by Crippen LogP contribution is 2.46. The van der Waals surface area contributed by atoms with Gasteiger partial charge in [0.2, 0.25) is 5.91 Å². The van der Waals surface area contributed by atoms with Gasteiger partial charge in [-0.15, -0.1) is 0 Å². The van der Waals surface area contributed by atoms with E-state index >= 15 is 0 Å². The Hall–Kier alpha value is -1.35. The zero-order valence-electron chi connectivity index (χ0n) is 15.0. The van der Waals surface area contributed by atoms with E-state index in [2.05, 4.69) is 38.1 Å². The minimum absolute atomic E-state index is 0.272. The second kappa shape index (κ2) is 6.64. The van der Waals surface area contributed by atoms with Gasteiger partial charge in [0.05, 0.1) is 6.42 Å². The molecule has 2 aliphatic carbocycles. The molecular formula is C20H30N2O. The number of hydrogen-bond acceptors (Lipinski definition) is 2. The van der Waals surface area contributed by atoms with Gasteiger partial charge in [-0.1, -0.05) is 24.3 Å². The van der Waals surface area contributed by atoms with Gasteiger partial charge in [-0.3, -0.25) is 4.79 Å². The maximum atomic E-state index is 12.7. The molecule has 1 aromatic carbocycles. The van der Waals surface area contributed by atoms with Gasteiger partial charge in [0, 0.05) is 19.1 Å². The predicted octanol–water partition coefficient (Wildman–Crippen LogP) is 3.11. The van der Waals surface area contributed by atoms with Crippen LogP contribution in [0.25, 0.3) is 0 Å². The Bertz CT molecular complexity index is 555. The molecule has 23 heavy (non-hydrogen) atoms. The molecule has 2 aliphatic rings. The fraction of sp³-hybridized carbons (Fsp3) is 0.650. The lowest BCUT2D eigenvalue weighted by molar-refractivity contribution is -0.131. The highest BCUT2D eigenvalue weighted by molar-refractivity contribution is 5.79. The fourth-order valence-corrected chi connectivity index (χ4v) is 4.59. The summed E-state index contributed by atoms with van der Waals surface area (Å²) in [6, 6.07) is 9.42. The molecular weight excluding hydrogens is 284 g/mol. The Morgan fingerprint density at radius 1 is 1.00 bits per heavy atom. The number of carbonyl (C=O) groups is 1. The molecule has 0 aliphatic heterocycles. The first-order chi connectivity index (χ1) is 11.0. The molecule has 2 unspecified atom stereocenters. The summed E-state index contributed by atoms with van der Waals surface area (Å²) in [5.74, 6) is 1.91. The van der Waals surface area contributed by atoms with Crippen LogP contribution in [0.15, 0.2) is 24.3 Å². The molecule has 3 heteroatoms. The molecule has 1 amide bonds. The van der Waals surface area contributed by atoms with Crippen LogP contribution >= 0.6 is 0 Å². The first-order valence-electron chi connectivity index (χ1n) is 8.92. The van der Waals surface area contributed by atoms with E-state index in [9.17, 15) is 4.79 Å². The summed E-state index contributed by atoms with van der Waals surface area (Å²) in [6.45, 7) is 2.09. The third kappa shape index (κ3) is 3.45. The van der Waals surface area contributed by atoms with Crippen molar-refractivity contribution in [3.63, 3.8) is 0 Å². The fourth-order valence-electron chi connectivity index (χ4n) is 4.59. The first-order valence-corrected chi connectivity index (χ1v) is 8.92. The lowest BCUT2D eigenvalue weighted by atomic mass is 10.0. The lowest BCUT2D eigenvalue weighted by Gasteiger charge is -2.27. The van der Waals surface area contributed by atoms with Crippen LogP contribution in [0.1, 0.15) is 36.8 Å². The number of fused-ring (bicyclic) bond motifs is 1. The lowest BCUT2D eigenvalue weighted by Crippen LogP contribution is -2.37. The summed E-state index contributed by atoms with van der Waals surface area (Å²) >= 11 is 0. The number of likely N-dealkylation sites (N-methyl/N-ethyl adjacent to an activating group) is 1. The molecule has 0 aromatic heterocycles. The number of amides is 1. The predicted molar refractivity (Wildman–Crippen MR) is 94.4 cm³/mol. The third-order valence-corrected chi connectivity index (χ3v) is 6.24. The van der Waals surface area contributed by atoms with Gasteiger partial charge in [-0.2, -0.15) is 0 Å². The topological polar surface area (TPSA) is 23.6 Å². The first kappa shape index (κ1) is 16.5. The van der Waals surface area contributed by atoms with Crippen molar-refractivity contribution in [2.24, 2.45) is 11.8 Å². The zero-order valence-corrected chi connectivity index (χ0v) is 15.0. The maximum absolute atomic E-state index is 12.7. The van der Waals surface area contributed by atoms with Gasteiger partial charge in [0.15, 0.2) is 0 Å². The van der Waals surface area contributed by atoms with Gasteiger partial charge in [-0.25, -0.2) is 0 Å². The molecule has 0 bridgehead atoms. The second-order valence-electron chi connectivity index (χ2n) is 7.84. The van der Waals surface area contributed by atoms with Crippen molar-refractivity contribution in [2.75, 3.05) is 21.1 Å². The molecule has 0 N–H and O–H groups in total. The van der Waals surface area contributed by atoms with E-state index in [-0.39, 0.29) is 5.91 Å². The normalized spacial score (nSPS) is 29.8. The third-order valence-electron chi connectivity index (χ3n) is 6.24. The summed E-state index contributed by atoms with van der Waals surface area (Å²) < 4.78 is 0. The molecule has 2 fully saturated rings. The molecule has 0 radical (unpaired) electrons. The molecule has 3 rings (SSSR count). The molecule has 0 heterocycles. The summed E-state index contributed by atoms with van der Waals surface area (Å²) in [4.78, 5) is 17.1. The molecule has 2 saturated carbocycles. The largest absolute Gasteiger partial charge is 0.342 e. The standard InChI is InChI=1S/C20H30N2O/c1-14-7-5-6-8-15(14)13-20(23)22(4)19-11-16-9-18(21(2)3)10-17(16)12-19/h5-8,16-19H,9-13H2,1-4H3/t16-,17+,18?,19?. The van der Waals surface area contributed by atoms with Crippen LogP contribution in [0, 0.1) is 18.8 Å². The van der Waals surface area contributed by atoms with E-state index < -0.39 is 0 Å². The SMILES string of the molecule is Cc1ccccc1CC(=O)N(C)C1C[C@H]2CC(N(C)C)C[C@H]2C1. The number of benzene rings is 1. The summed E-state index contributed by atoms with van der Waals surface area (Å²) in [6.07, 6.45) is 5.56. The minimum Gasteiger partial charge on any atom is -0.342 e. The Labute approximate surface area is 140 Å². The van der Waals surface area contributed by atoms with Crippen LogP contribution in [0.3, 0.4) is 0 Å². The van der Waals surface area contributed by atoms with Gasteiger partial charge >= 0.3 is 0 Å². The molecule has 1 aromatic rings. The average Bonchev–Trinajstić information content (AvgIpc) is 3.07. The second-order valence-corrected chi connectivity index (χ2v) is 7.84. The maximum Gasteiger partial charge on any atom is 0.226 e. The van der Waals surface area contributed by atoms with E-state index in [0.29, 0.717) is 12.5 Å². The molecule has 0 saturated heterocycles. The van der Waals surface area contributed by atoms with Crippen molar-refractivity contribution in [3.05, 3.63) is 35.4 Å². The van der Waals surface area contributed by atoms with Crippen LogP contribution in [-0.4, -0.2) is 48.9 Å². The Morgan fingerprint density at radius 3 is 2.13 bits per heavy atom.